The molecule has 270 valence electrons. The Morgan fingerprint density at radius 1 is 0.596 bits per heavy atom. The molecule has 0 spiro atoms. The van der Waals surface area contributed by atoms with Crippen LogP contribution in [0.1, 0.15) is 63.8 Å². The maximum Gasteiger partial charge on any atom is 0.258 e. The maximum absolute atomic E-state index is 13.1. The summed E-state index contributed by atoms with van der Waals surface area (Å²) in [7, 11) is 0. The number of ketones is 2. The Morgan fingerprint density at radius 3 is 1.52 bits per heavy atom. The summed E-state index contributed by atoms with van der Waals surface area (Å²) in [5.41, 5.74) is 7.18. The number of halogens is 2. The van der Waals surface area contributed by atoms with E-state index in [2.05, 4.69) is 31.1 Å². The van der Waals surface area contributed by atoms with Gasteiger partial charge in [0, 0.05) is 16.9 Å². The van der Waals surface area contributed by atoms with Crippen molar-refractivity contribution in [2.24, 2.45) is 20.5 Å². The van der Waals surface area contributed by atoms with E-state index < -0.39 is 35.5 Å². The highest BCUT2D eigenvalue weighted by atomic mass is 35.5. The fraction of sp³-hybridized carbons (Fsp3) is 0.300. The number of Topliss-reactive ketones (excluding diaryl/α,β-unsaturated/α-hetero) is 2. The first-order valence-corrected chi connectivity index (χ1v) is 17.9. The molecule has 2 unspecified atom stereocenters. The van der Waals surface area contributed by atoms with Gasteiger partial charge in [0.25, 0.3) is 11.8 Å². The molecule has 0 aromatic heterocycles. The molecule has 52 heavy (non-hydrogen) atoms. The van der Waals surface area contributed by atoms with Gasteiger partial charge < -0.3 is 10.6 Å². The van der Waals surface area contributed by atoms with E-state index in [-0.39, 0.29) is 15.7 Å². The van der Waals surface area contributed by atoms with Crippen LogP contribution < -0.4 is 10.6 Å². The lowest BCUT2D eigenvalue weighted by molar-refractivity contribution is -0.127. The lowest BCUT2D eigenvalue weighted by Crippen LogP contribution is -2.32. The average Bonchev–Trinajstić information content (AvgIpc) is 3.13. The molecule has 0 bridgehead atoms. The van der Waals surface area contributed by atoms with E-state index in [4.69, 9.17) is 23.2 Å². The molecule has 0 radical (unpaired) electrons. The fourth-order valence-electron chi connectivity index (χ4n) is 5.37. The number of aryl methyl sites for hydroxylation is 4. The highest BCUT2D eigenvalue weighted by molar-refractivity contribution is 6.45. The maximum atomic E-state index is 13.1. The first kappa shape index (κ1) is 39.7. The molecule has 2 amide bonds. The third kappa shape index (κ3) is 9.83. The molecule has 4 aromatic rings. The summed E-state index contributed by atoms with van der Waals surface area (Å²) < 4.78 is 0. The molecule has 10 nitrogen and oxygen atoms in total. The number of rotatable bonds is 15. The van der Waals surface area contributed by atoms with Crippen LogP contribution in [-0.4, -0.2) is 35.5 Å². The van der Waals surface area contributed by atoms with Crippen molar-refractivity contribution >= 4 is 69.3 Å². The number of amides is 2. The van der Waals surface area contributed by atoms with Crippen molar-refractivity contribution in [2.75, 3.05) is 10.6 Å². The van der Waals surface area contributed by atoms with Crippen LogP contribution in [-0.2, 0) is 44.9 Å². The Bertz CT molecular complexity index is 2030. The van der Waals surface area contributed by atoms with Crippen LogP contribution in [0, 0.1) is 0 Å². The summed E-state index contributed by atoms with van der Waals surface area (Å²) in [5, 5.41) is 22.4. The van der Waals surface area contributed by atoms with Crippen LogP contribution in [0.2, 0.25) is 10.0 Å². The molecule has 0 aliphatic rings. The fourth-order valence-corrected chi connectivity index (χ4v) is 5.84. The molecule has 0 heterocycles. The van der Waals surface area contributed by atoms with E-state index in [0.717, 1.165) is 35.1 Å². The van der Waals surface area contributed by atoms with Gasteiger partial charge in [-0.25, -0.2) is 0 Å². The van der Waals surface area contributed by atoms with Crippen molar-refractivity contribution in [3.8, 4) is 11.1 Å². The Balaban J connectivity index is 1.49. The monoisotopic (exact) mass is 740 g/mol. The van der Waals surface area contributed by atoms with Crippen LogP contribution >= 0.6 is 23.2 Å². The standard InChI is InChI=1S/C40H42Cl2N6O4/c1-7-25-11-13-27(9-3)33(21-25)43-39(51)37(23(5)49)47-45-30-17-15-29(16-18-30)31-19-20-32(36(42)35(31)41)46-48-38(24(6)50)40(52)44-34-22-26(8-2)12-14-28(34)10-4/h11-22,37-38H,7-10H2,1-6H3,(H,43,51)(H,44,52). The lowest BCUT2D eigenvalue weighted by Gasteiger charge is -2.14. The van der Waals surface area contributed by atoms with Gasteiger partial charge in [-0.1, -0.05) is 93.4 Å². The molecular formula is C40H42Cl2N6O4. The third-order valence-corrected chi connectivity index (χ3v) is 9.39. The van der Waals surface area contributed by atoms with Gasteiger partial charge in [-0.15, -0.1) is 0 Å². The highest BCUT2D eigenvalue weighted by Gasteiger charge is 2.25. The summed E-state index contributed by atoms with van der Waals surface area (Å²) in [6.45, 7) is 10.6. The predicted octanol–water partition coefficient (Wildman–Crippen LogP) is 10.3. The zero-order valence-corrected chi connectivity index (χ0v) is 31.6. The number of hydrogen-bond donors (Lipinski definition) is 2. The number of nitrogens with one attached hydrogen (secondary N) is 2. The summed E-state index contributed by atoms with van der Waals surface area (Å²) in [6.07, 6.45) is 3.02. The Labute approximate surface area is 314 Å². The molecule has 4 rings (SSSR count). The molecular weight excluding hydrogens is 699 g/mol. The van der Waals surface area contributed by atoms with Gasteiger partial charge >= 0.3 is 0 Å². The Morgan fingerprint density at radius 2 is 1.08 bits per heavy atom. The Kier molecular flexibility index (Phi) is 14.1. The first-order chi connectivity index (χ1) is 24.9. The largest absolute Gasteiger partial charge is 0.323 e. The van der Waals surface area contributed by atoms with Crippen LogP contribution in [0.4, 0.5) is 22.7 Å². The van der Waals surface area contributed by atoms with Crippen LogP contribution in [0.15, 0.2) is 93.3 Å². The van der Waals surface area contributed by atoms with Crippen molar-refractivity contribution in [2.45, 2.75) is 79.3 Å². The molecule has 4 aromatic carbocycles. The Hall–Kier alpha value is -5.06. The normalized spacial score (nSPS) is 12.5. The minimum atomic E-state index is -1.39. The summed E-state index contributed by atoms with van der Waals surface area (Å²) in [5.74, 6) is -2.08. The zero-order valence-electron chi connectivity index (χ0n) is 30.1. The second-order valence-electron chi connectivity index (χ2n) is 12.1. The molecule has 0 fully saturated rings. The topological polar surface area (TPSA) is 142 Å². The number of azo groups is 2. The molecule has 2 atom stereocenters. The molecule has 0 aliphatic carbocycles. The molecule has 0 aliphatic heterocycles. The van der Waals surface area contributed by atoms with Gasteiger partial charge in [-0.05, 0) is 97.7 Å². The van der Waals surface area contributed by atoms with E-state index in [1.807, 2.05) is 64.1 Å². The van der Waals surface area contributed by atoms with Gasteiger partial charge in [0.15, 0.2) is 11.6 Å². The number of hydrogen-bond acceptors (Lipinski definition) is 8. The molecule has 12 heteroatoms. The van der Waals surface area contributed by atoms with Crippen molar-refractivity contribution in [1.29, 1.82) is 0 Å². The second-order valence-corrected chi connectivity index (χ2v) is 12.9. The minimum absolute atomic E-state index is 0.0873. The second kappa shape index (κ2) is 18.4. The van der Waals surface area contributed by atoms with Gasteiger partial charge in [0.1, 0.15) is 5.69 Å². The van der Waals surface area contributed by atoms with Gasteiger partial charge in [-0.3, -0.25) is 19.2 Å². The van der Waals surface area contributed by atoms with Gasteiger partial charge in [-0.2, -0.15) is 20.5 Å². The zero-order chi connectivity index (χ0) is 37.9. The van der Waals surface area contributed by atoms with E-state index in [9.17, 15) is 19.2 Å². The quantitative estimate of drug-likeness (QED) is 0.0924. The molecule has 0 saturated heterocycles. The minimum Gasteiger partial charge on any atom is -0.323 e. The number of benzene rings is 4. The number of nitrogens with zero attached hydrogens (tertiary/aromatic N) is 4. The van der Waals surface area contributed by atoms with Gasteiger partial charge in [0.2, 0.25) is 12.1 Å². The van der Waals surface area contributed by atoms with E-state index in [1.54, 1.807) is 36.4 Å². The smallest absolute Gasteiger partial charge is 0.258 e. The molecule has 0 saturated carbocycles. The van der Waals surface area contributed by atoms with Crippen LogP contribution in [0.3, 0.4) is 0 Å². The average molecular weight is 742 g/mol. The van der Waals surface area contributed by atoms with Crippen molar-refractivity contribution in [3.63, 3.8) is 0 Å². The van der Waals surface area contributed by atoms with Crippen LogP contribution in [0.5, 0.6) is 0 Å². The third-order valence-electron chi connectivity index (χ3n) is 8.52. The lowest BCUT2D eigenvalue weighted by atomic mass is 10.0. The van der Waals surface area contributed by atoms with Crippen LogP contribution in [0.25, 0.3) is 11.1 Å². The van der Waals surface area contributed by atoms with E-state index in [1.165, 1.54) is 13.8 Å². The summed E-state index contributed by atoms with van der Waals surface area (Å²) in [4.78, 5) is 51.0. The number of anilines is 2. The number of carbonyl (C=O) groups excluding carboxylic acids is 4. The summed E-state index contributed by atoms with van der Waals surface area (Å²) >= 11 is 13.2. The molecule has 2 N–H and O–H groups in total. The first-order valence-electron chi connectivity index (χ1n) is 17.2. The predicted molar refractivity (Wildman–Crippen MR) is 208 cm³/mol. The van der Waals surface area contributed by atoms with Crippen molar-refractivity contribution < 1.29 is 19.2 Å². The SMILES string of the molecule is CCc1ccc(CC)c(NC(=O)C(N=Nc2ccc(-c3ccc(N=NC(C(C)=O)C(=O)Nc4cc(CC)ccc4CC)c(Cl)c3Cl)cc2)C(C)=O)c1. The van der Waals surface area contributed by atoms with E-state index in [0.29, 0.717) is 41.0 Å². The van der Waals surface area contributed by atoms with E-state index >= 15 is 0 Å². The highest BCUT2D eigenvalue weighted by Crippen LogP contribution is 2.40. The van der Waals surface area contributed by atoms with Gasteiger partial charge in [0.05, 0.1) is 15.7 Å². The van der Waals surface area contributed by atoms with Crippen molar-refractivity contribution in [1.82, 2.24) is 0 Å². The summed E-state index contributed by atoms with van der Waals surface area (Å²) in [6, 6.07) is 19.2. The number of carbonyl (C=O) groups is 4. The van der Waals surface area contributed by atoms with Crippen molar-refractivity contribution in [3.05, 3.63) is 105 Å².